The molecule has 1 heterocycles. The van der Waals surface area contributed by atoms with E-state index in [1.165, 1.54) is 0 Å². The Balaban J connectivity index is 2.91. The number of aromatic nitrogens is 1. The fourth-order valence-electron chi connectivity index (χ4n) is 1.74. The Morgan fingerprint density at radius 3 is 2.81 bits per heavy atom. The molecule has 0 aliphatic rings. The second-order valence-corrected chi connectivity index (χ2v) is 4.33. The molecule has 0 atom stereocenters. The van der Waals surface area contributed by atoms with E-state index >= 15 is 0 Å². The van der Waals surface area contributed by atoms with Crippen molar-refractivity contribution in [2.75, 3.05) is 12.4 Å². The van der Waals surface area contributed by atoms with E-state index in [-0.39, 0.29) is 0 Å². The van der Waals surface area contributed by atoms with E-state index < -0.39 is 0 Å². The van der Waals surface area contributed by atoms with Crippen LogP contribution in [0.5, 0.6) is 0 Å². The van der Waals surface area contributed by atoms with Crippen molar-refractivity contribution in [3.8, 4) is 6.07 Å². The zero-order valence-electron chi connectivity index (χ0n) is 9.00. The molecule has 1 N–H and O–H groups in total. The summed E-state index contributed by atoms with van der Waals surface area (Å²) in [5.41, 5.74) is 3.40. The molecule has 1 aromatic heterocycles. The van der Waals surface area contributed by atoms with Crippen molar-refractivity contribution >= 4 is 32.5 Å². The second kappa shape index (κ2) is 4.11. The Morgan fingerprint density at radius 2 is 2.19 bits per heavy atom. The van der Waals surface area contributed by atoms with Crippen LogP contribution in [0.2, 0.25) is 0 Å². The first-order valence-corrected chi connectivity index (χ1v) is 5.64. The summed E-state index contributed by atoms with van der Waals surface area (Å²) in [7, 11) is 1.81. The third kappa shape index (κ3) is 1.54. The molecular weight excluding hydrogens is 266 g/mol. The van der Waals surface area contributed by atoms with Crippen LogP contribution in [0, 0.1) is 18.3 Å². The number of pyridine rings is 1. The van der Waals surface area contributed by atoms with Crippen LogP contribution in [0.25, 0.3) is 10.9 Å². The van der Waals surface area contributed by atoms with Gasteiger partial charge in [-0.15, -0.1) is 0 Å². The largest absolute Gasteiger partial charge is 0.386 e. The number of aryl methyl sites for hydroxylation is 1. The van der Waals surface area contributed by atoms with Gasteiger partial charge < -0.3 is 5.32 Å². The van der Waals surface area contributed by atoms with Crippen molar-refractivity contribution in [1.82, 2.24) is 4.98 Å². The molecule has 0 fully saturated rings. The molecule has 16 heavy (non-hydrogen) atoms. The average Bonchev–Trinajstić information content (AvgIpc) is 2.32. The molecule has 80 valence electrons. The topological polar surface area (TPSA) is 48.7 Å². The van der Waals surface area contributed by atoms with Crippen LogP contribution in [0.1, 0.15) is 11.1 Å². The minimum absolute atomic E-state index is 0.566. The molecule has 0 radical (unpaired) electrons. The Hall–Kier alpha value is -1.60. The molecule has 2 aromatic rings. The van der Waals surface area contributed by atoms with Gasteiger partial charge >= 0.3 is 0 Å². The predicted octanol–water partition coefficient (Wildman–Crippen LogP) is 3.22. The molecule has 1 aromatic carbocycles. The highest BCUT2D eigenvalue weighted by atomic mass is 79.9. The maximum Gasteiger partial charge on any atom is 0.103 e. The first-order valence-electron chi connectivity index (χ1n) is 4.84. The minimum atomic E-state index is 0.566. The summed E-state index contributed by atoms with van der Waals surface area (Å²) in [6.07, 6.45) is 1.60. The van der Waals surface area contributed by atoms with Crippen LogP contribution in [0.15, 0.2) is 22.8 Å². The summed E-state index contributed by atoms with van der Waals surface area (Å²) in [4.78, 5) is 4.33. The monoisotopic (exact) mass is 275 g/mol. The first kappa shape index (κ1) is 10.9. The van der Waals surface area contributed by atoms with Crippen LogP contribution in [0.4, 0.5) is 5.69 Å². The summed E-state index contributed by atoms with van der Waals surface area (Å²) < 4.78 is 1.03. The van der Waals surface area contributed by atoms with E-state index in [0.717, 1.165) is 26.6 Å². The molecule has 0 bridgehead atoms. The molecule has 0 aliphatic carbocycles. The SMILES string of the molecule is CNc1c(C#N)cnc2c(C)c(Br)ccc12. The molecule has 0 aliphatic heterocycles. The maximum absolute atomic E-state index is 8.99. The minimum Gasteiger partial charge on any atom is -0.386 e. The zero-order chi connectivity index (χ0) is 11.7. The van der Waals surface area contributed by atoms with Crippen LogP contribution in [-0.4, -0.2) is 12.0 Å². The lowest BCUT2D eigenvalue weighted by Crippen LogP contribution is -1.96. The highest BCUT2D eigenvalue weighted by Crippen LogP contribution is 2.30. The number of nitrogens with one attached hydrogen (secondary N) is 1. The second-order valence-electron chi connectivity index (χ2n) is 3.48. The lowest BCUT2D eigenvalue weighted by Gasteiger charge is -2.09. The van der Waals surface area contributed by atoms with Crippen molar-refractivity contribution in [2.24, 2.45) is 0 Å². The van der Waals surface area contributed by atoms with E-state index in [1.54, 1.807) is 6.20 Å². The maximum atomic E-state index is 8.99. The van der Waals surface area contributed by atoms with Crippen molar-refractivity contribution < 1.29 is 0 Å². The van der Waals surface area contributed by atoms with Crippen molar-refractivity contribution in [1.29, 1.82) is 5.26 Å². The Bertz CT molecular complexity index is 599. The van der Waals surface area contributed by atoms with E-state index in [9.17, 15) is 0 Å². The van der Waals surface area contributed by atoms with Crippen molar-refractivity contribution in [3.63, 3.8) is 0 Å². The third-order valence-electron chi connectivity index (χ3n) is 2.60. The summed E-state index contributed by atoms with van der Waals surface area (Å²) in [5, 5.41) is 13.0. The fourth-order valence-corrected chi connectivity index (χ4v) is 2.06. The first-order chi connectivity index (χ1) is 7.69. The number of rotatable bonds is 1. The molecule has 0 spiro atoms. The summed E-state index contributed by atoms with van der Waals surface area (Å²) >= 11 is 3.47. The molecule has 0 saturated carbocycles. The van der Waals surface area contributed by atoms with E-state index in [0.29, 0.717) is 5.56 Å². The van der Waals surface area contributed by atoms with Gasteiger partial charge in [0, 0.05) is 23.1 Å². The van der Waals surface area contributed by atoms with Gasteiger partial charge in [0.05, 0.1) is 16.8 Å². The average molecular weight is 276 g/mol. The van der Waals surface area contributed by atoms with Crippen molar-refractivity contribution in [3.05, 3.63) is 33.9 Å². The highest BCUT2D eigenvalue weighted by molar-refractivity contribution is 9.10. The van der Waals surface area contributed by atoms with Gasteiger partial charge in [-0.1, -0.05) is 15.9 Å². The van der Waals surface area contributed by atoms with Crippen molar-refractivity contribution in [2.45, 2.75) is 6.92 Å². The Labute approximate surface area is 102 Å². The number of nitriles is 1. The summed E-state index contributed by atoms with van der Waals surface area (Å²) in [6, 6.07) is 6.07. The van der Waals surface area contributed by atoms with Gasteiger partial charge in [-0.3, -0.25) is 4.98 Å². The van der Waals surface area contributed by atoms with E-state index in [1.807, 2.05) is 26.1 Å². The standard InChI is InChI=1S/C12H10BrN3/c1-7-10(13)4-3-9-11(7)16-6-8(5-14)12(9)15-2/h3-4,6H,1-2H3,(H,15,16). The molecule has 0 unspecified atom stereocenters. The van der Waals surface area contributed by atoms with Gasteiger partial charge in [0.1, 0.15) is 6.07 Å². The Kier molecular flexibility index (Phi) is 2.80. The van der Waals surface area contributed by atoms with Crippen LogP contribution in [-0.2, 0) is 0 Å². The molecule has 4 heteroatoms. The molecule has 0 saturated heterocycles. The van der Waals surface area contributed by atoms with Gasteiger partial charge in [0.25, 0.3) is 0 Å². The predicted molar refractivity (Wildman–Crippen MR) is 68.4 cm³/mol. The van der Waals surface area contributed by atoms with Gasteiger partial charge in [-0.2, -0.15) is 5.26 Å². The Morgan fingerprint density at radius 1 is 1.44 bits per heavy atom. The number of hydrogen-bond acceptors (Lipinski definition) is 3. The number of nitrogens with zero attached hydrogens (tertiary/aromatic N) is 2. The number of anilines is 1. The molecule has 3 nitrogen and oxygen atoms in total. The quantitative estimate of drug-likeness (QED) is 0.870. The van der Waals surface area contributed by atoms with Gasteiger partial charge in [0.15, 0.2) is 0 Å². The van der Waals surface area contributed by atoms with Gasteiger partial charge in [-0.05, 0) is 24.6 Å². The molecule has 2 rings (SSSR count). The zero-order valence-corrected chi connectivity index (χ0v) is 10.6. The normalized spacial score (nSPS) is 10.1. The van der Waals surface area contributed by atoms with Crippen LogP contribution in [0.3, 0.4) is 0 Å². The number of fused-ring (bicyclic) bond motifs is 1. The smallest absolute Gasteiger partial charge is 0.103 e. The lowest BCUT2D eigenvalue weighted by atomic mass is 10.1. The highest BCUT2D eigenvalue weighted by Gasteiger charge is 2.10. The van der Waals surface area contributed by atoms with E-state index in [4.69, 9.17) is 5.26 Å². The number of halogens is 1. The van der Waals surface area contributed by atoms with Crippen LogP contribution >= 0.6 is 15.9 Å². The lowest BCUT2D eigenvalue weighted by molar-refractivity contribution is 1.32. The molecular formula is C12H10BrN3. The summed E-state index contributed by atoms with van der Waals surface area (Å²) in [6.45, 7) is 2.00. The number of benzene rings is 1. The van der Waals surface area contributed by atoms with Crippen LogP contribution < -0.4 is 5.32 Å². The fraction of sp³-hybridized carbons (Fsp3) is 0.167. The third-order valence-corrected chi connectivity index (χ3v) is 3.46. The van der Waals surface area contributed by atoms with E-state index in [2.05, 4.69) is 32.3 Å². The van der Waals surface area contributed by atoms with Gasteiger partial charge in [0.2, 0.25) is 0 Å². The van der Waals surface area contributed by atoms with Gasteiger partial charge in [-0.25, -0.2) is 0 Å². The summed E-state index contributed by atoms with van der Waals surface area (Å²) in [5.74, 6) is 0. The number of hydrogen-bond donors (Lipinski definition) is 1. The molecule has 0 amide bonds.